The summed E-state index contributed by atoms with van der Waals surface area (Å²) >= 11 is 0. The summed E-state index contributed by atoms with van der Waals surface area (Å²) in [5.74, 6) is -0.327. The van der Waals surface area contributed by atoms with Crippen molar-refractivity contribution in [1.82, 2.24) is 4.98 Å². The average molecular weight is 264 g/mol. The van der Waals surface area contributed by atoms with Crippen LogP contribution in [0.1, 0.15) is 5.56 Å². The lowest BCUT2D eigenvalue weighted by atomic mass is 10.1. The van der Waals surface area contributed by atoms with Gasteiger partial charge in [0.1, 0.15) is 11.8 Å². The third-order valence-electron chi connectivity index (χ3n) is 2.28. The molecular formula is C13H7F3N2O. The van der Waals surface area contributed by atoms with E-state index in [2.05, 4.69) is 9.72 Å². The van der Waals surface area contributed by atoms with E-state index >= 15 is 0 Å². The third kappa shape index (κ3) is 3.22. The zero-order valence-corrected chi connectivity index (χ0v) is 9.48. The highest BCUT2D eigenvalue weighted by Crippen LogP contribution is 2.32. The predicted molar refractivity (Wildman–Crippen MR) is 61.1 cm³/mol. The Balaban J connectivity index is 2.41. The van der Waals surface area contributed by atoms with Gasteiger partial charge in [-0.2, -0.15) is 5.26 Å². The number of para-hydroxylation sites is 1. The third-order valence-corrected chi connectivity index (χ3v) is 2.28. The Labute approximate surface area is 106 Å². The van der Waals surface area contributed by atoms with Crippen molar-refractivity contribution in [2.24, 2.45) is 0 Å². The fourth-order valence-corrected chi connectivity index (χ4v) is 1.51. The molecule has 0 amide bonds. The second kappa shape index (κ2) is 4.98. The minimum atomic E-state index is -4.76. The van der Waals surface area contributed by atoms with Crippen LogP contribution in [-0.2, 0) is 0 Å². The van der Waals surface area contributed by atoms with Crippen molar-refractivity contribution in [3.63, 3.8) is 0 Å². The molecular weight excluding hydrogens is 257 g/mol. The summed E-state index contributed by atoms with van der Waals surface area (Å²) in [5.41, 5.74) is 0.848. The van der Waals surface area contributed by atoms with Gasteiger partial charge in [-0.1, -0.05) is 12.1 Å². The van der Waals surface area contributed by atoms with Gasteiger partial charge < -0.3 is 4.74 Å². The zero-order chi connectivity index (χ0) is 13.9. The molecule has 1 aromatic heterocycles. The number of nitrogens with zero attached hydrogens (tertiary/aromatic N) is 2. The summed E-state index contributed by atoms with van der Waals surface area (Å²) < 4.78 is 40.7. The van der Waals surface area contributed by atoms with Gasteiger partial charge in [0, 0.05) is 11.8 Å². The molecule has 1 aromatic carbocycles. The van der Waals surface area contributed by atoms with Crippen LogP contribution in [0.25, 0.3) is 11.3 Å². The summed E-state index contributed by atoms with van der Waals surface area (Å²) in [4.78, 5) is 3.94. The number of benzene rings is 1. The molecule has 0 saturated carbocycles. The number of hydrogen-bond donors (Lipinski definition) is 0. The lowest BCUT2D eigenvalue weighted by molar-refractivity contribution is -0.274. The maximum atomic E-state index is 12.3. The van der Waals surface area contributed by atoms with E-state index in [1.54, 1.807) is 6.07 Å². The monoisotopic (exact) mass is 264 g/mol. The molecule has 19 heavy (non-hydrogen) atoms. The number of aromatic nitrogens is 1. The maximum Gasteiger partial charge on any atom is 0.573 e. The SMILES string of the molecule is N#Cc1ccc(-c2ccccc2OC(F)(F)F)nc1. The molecule has 0 aliphatic heterocycles. The van der Waals surface area contributed by atoms with Crippen LogP contribution in [0.5, 0.6) is 5.75 Å². The van der Waals surface area contributed by atoms with Crippen molar-refractivity contribution < 1.29 is 17.9 Å². The predicted octanol–water partition coefficient (Wildman–Crippen LogP) is 3.52. The first-order valence-corrected chi connectivity index (χ1v) is 5.21. The van der Waals surface area contributed by atoms with Gasteiger partial charge in [0.25, 0.3) is 0 Å². The van der Waals surface area contributed by atoms with Gasteiger partial charge in [-0.25, -0.2) is 0 Å². The second-order valence-electron chi connectivity index (χ2n) is 3.59. The summed E-state index contributed by atoms with van der Waals surface area (Å²) in [6.45, 7) is 0. The lowest BCUT2D eigenvalue weighted by Gasteiger charge is -2.12. The molecule has 0 saturated heterocycles. The standard InChI is InChI=1S/C13H7F3N2O/c14-13(15,16)19-12-4-2-1-3-10(12)11-6-5-9(7-17)8-18-11/h1-6,8H. The summed E-state index contributed by atoms with van der Waals surface area (Å²) in [5, 5.41) is 8.64. The number of alkyl halides is 3. The molecule has 1 heterocycles. The molecule has 0 aliphatic rings. The number of pyridine rings is 1. The molecule has 0 fully saturated rings. The van der Waals surface area contributed by atoms with Crippen LogP contribution in [0.2, 0.25) is 0 Å². The molecule has 0 atom stereocenters. The van der Waals surface area contributed by atoms with E-state index in [1.165, 1.54) is 36.5 Å². The summed E-state index contributed by atoms with van der Waals surface area (Å²) in [7, 11) is 0. The fraction of sp³-hybridized carbons (Fsp3) is 0.0769. The Morgan fingerprint density at radius 2 is 1.84 bits per heavy atom. The van der Waals surface area contributed by atoms with Crippen molar-refractivity contribution in [2.75, 3.05) is 0 Å². The molecule has 0 spiro atoms. The van der Waals surface area contributed by atoms with Crippen LogP contribution in [0, 0.1) is 11.3 Å². The first-order valence-electron chi connectivity index (χ1n) is 5.21. The number of ether oxygens (including phenoxy) is 1. The van der Waals surface area contributed by atoms with Gasteiger partial charge in [-0.3, -0.25) is 4.98 Å². The Kier molecular flexibility index (Phi) is 3.38. The second-order valence-corrected chi connectivity index (χ2v) is 3.59. The van der Waals surface area contributed by atoms with Crippen LogP contribution in [0.15, 0.2) is 42.6 Å². The highest BCUT2D eigenvalue weighted by molar-refractivity contribution is 5.67. The van der Waals surface area contributed by atoms with Gasteiger partial charge in [0.15, 0.2) is 0 Å². The molecule has 6 heteroatoms. The van der Waals surface area contributed by atoms with E-state index in [0.29, 0.717) is 11.3 Å². The van der Waals surface area contributed by atoms with E-state index in [1.807, 2.05) is 6.07 Å². The maximum absolute atomic E-state index is 12.3. The minimum absolute atomic E-state index is 0.212. The van der Waals surface area contributed by atoms with Gasteiger partial charge in [-0.15, -0.1) is 13.2 Å². The quantitative estimate of drug-likeness (QED) is 0.833. The molecule has 2 rings (SSSR count). The normalized spacial score (nSPS) is 10.8. The largest absolute Gasteiger partial charge is 0.573 e. The van der Waals surface area contributed by atoms with Crippen LogP contribution in [0.4, 0.5) is 13.2 Å². The number of hydrogen-bond acceptors (Lipinski definition) is 3. The fourth-order valence-electron chi connectivity index (χ4n) is 1.51. The minimum Gasteiger partial charge on any atom is -0.405 e. The van der Waals surface area contributed by atoms with E-state index in [9.17, 15) is 13.2 Å². The van der Waals surface area contributed by atoms with Gasteiger partial charge in [0.05, 0.1) is 11.3 Å². The van der Waals surface area contributed by atoms with Gasteiger partial charge in [0.2, 0.25) is 0 Å². The summed E-state index contributed by atoms with van der Waals surface area (Å²) in [6, 6.07) is 10.5. The van der Waals surface area contributed by atoms with Crippen molar-refractivity contribution in [3.05, 3.63) is 48.2 Å². The van der Waals surface area contributed by atoms with E-state index in [0.717, 1.165) is 0 Å². The molecule has 0 aliphatic carbocycles. The molecule has 2 aromatic rings. The highest BCUT2D eigenvalue weighted by Gasteiger charge is 2.32. The van der Waals surface area contributed by atoms with Crippen LogP contribution < -0.4 is 4.74 Å². The Morgan fingerprint density at radius 1 is 1.11 bits per heavy atom. The van der Waals surface area contributed by atoms with Gasteiger partial charge >= 0.3 is 6.36 Å². The number of rotatable bonds is 2. The van der Waals surface area contributed by atoms with E-state index in [-0.39, 0.29) is 11.3 Å². The van der Waals surface area contributed by atoms with Crippen LogP contribution in [-0.4, -0.2) is 11.3 Å². The molecule has 0 unspecified atom stereocenters. The Hall–Kier alpha value is -2.55. The van der Waals surface area contributed by atoms with Gasteiger partial charge in [-0.05, 0) is 24.3 Å². The van der Waals surface area contributed by atoms with Crippen molar-refractivity contribution in [3.8, 4) is 23.1 Å². The average Bonchev–Trinajstić information content (AvgIpc) is 2.38. The molecule has 0 bridgehead atoms. The topological polar surface area (TPSA) is 45.9 Å². The Morgan fingerprint density at radius 3 is 2.42 bits per heavy atom. The van der Waals surface area contributed by atoms with E-state index < -0.39 is 6.36 Å². The van der Waals surface area contributed by atoms with Crippen molar-refractivity contribution >= 4 is 0 Å². The highest BCUT2D eigenvalue weighted by atomic mass is 19.4. The first-order chi connectivity index (χ1) is 8.99. The number of nitriles is 1. The molecule has 96 valence electrons. The molecule has 0 N–H and O–H groups in total. The van der Waals surface area contributed by atoms with Crippen LogP contribution in [0.3, 0.4) is 0 Å². The summed E-state index contributed by atoms with van der Waals surface area (Å²) in [6.07, 6.45) is -3.47. The van der Waals surface area contributed by atoms with Crippen molar-refractivity contribution in [2.45, 2.75) is 6.36 Å². The molecule has 0 radical (unpaired) electrons. The zero-order valence-electron chi connectivity index (χ0n) is 9.48. The smallest absolute Gasteiger partial charge is 0.405 e. The van der Waals surface area contributed by atoms with E-state index in [4.69, 9.17) is 5.26 Å². The Bertz CT molecular complexity index is 615. The van der Waals surface area contributed by atoms with Crippen molar-refractivity contribution in [1.29, 1.82) is 5.26 Å². The van der Waals surface area contributed by atoms with Crippen LogP contribution >= 0.6 is 0 Å². The number of halogens is 3. The molecule has 3 nitrogen and oxygen atoms in total. The first kappa shape index (κ1) is 12.9. The lowest BCUT2D eigenvalue weighted by Crippen LogP contribution is -2.17.